The first-order valence-electron chi connectivity index (χ1n) is 11.7. The van der Waals surface area contributed by atoms with Gasteiger partial charge in [-0.2, -0.15) is 0 Å². The minimum atomic E-state index is -4.00. The summed E-state index contributed by atoms with van der Waals surface area (Å²) in [6, 6.07) is 13.5. The third-order valence-electron chi connectivity index (χ3n) is 6.16. The zero-order valence-corrected chi connectivity index (χ0v) is 21.1. The molecule has 0 aromatic heterocycles. The van der Waals surface area contributed by atoms with Crippen LogP contribution in [-0.2, 0) is 26.2 Å². The number of sulfonamides is 1. The monoisotopic (exact) mass is 489 g/mol. The second kappa shape index (κ2) is 11.3. The molecule has 3 atom stereocenters. The van der Waals surface area contributed by atoms with Crippen molar-refractivity contribution >= 4 is 15.9 Å². The molecule has 0 saturated carbocycles. The largest absolute Gasteiger partial charge is 0.497 e. The lowest BCUT2D eigenvalue weighted by Gasteiger charge is -2.25. The molecule has 186 valence electrons. The van der Waals surface area contributed by atoms with Gasteiger partial charge in [0.15, 0.2) is 0 Å². The van der Waals surface area contributed by atoms with Crippen LogP contribution in [0.1, 0.15) is 44.2 Å². The molecule has 1 aliphatic rings. The lowest BCUT2D eigenvalue weighted by Crippen LogP contribution is -2.41. The molecule has 1 heterocycles. The maximum Gasteiger partial charge on any atom is 0.266 e. The summed E-state index contributed by atoms with van der Waals surface area (Å²) in [4.78, 5) is 13.4. The lowest BCUT2D eigenvalue weighted by molar-refractivity contribution is -0.130. The maximum absolute atomic E-state index is 13.4. The molecule has 34 heavy (non-hydrogen) atoms. The van der Waals surface area contributed by atoms with E-state index in [0.717, 1.165) is 21.2 Å². The molecular formula is C26H35NO6S. The van der Waals surface area contributed by atoms with Gasteiger partial charge in [0.1, 0.15) is 5.75 Å². The third-order valence-corrected chi connectivity index (χ3v) is 8.03. The van der Waals surface area contributed by atoms with Crippen LogP contribution in [-0.4, -0.2) is 49.6 Å². The number of carbonyl (C=O) groups excluding carboxylic acids is 1. The van der Waals surface area contributed by atoms with Gasteiger partial charge in [-0.15, -0.1) is 0 Å². The number of ether oxygens (including phenoxy) is 2. The highest BCUT2D eigenvalue weighted by molar-refractivity contribution is 7.89. The summed E-state index contributed by atoms with van der Waals surface area (Å²) in [5.41, 5.74) is 1.91. The van der Waals surface area contributed by atoms with E-state index in [2.05, 4.69) is 0 Å². The second-order valence-corrected chi connectivity index (χ2v) is 11.1. The van der Waals surface area contributed by atoms with Crippen molar-refractivity contribution in [3.63, 3.8) is 0 Å². The molecule has 3 rings (SSSR count). The number of hydrogen-bond donors (Lipinski definition) is 1. The van der Waals surface area contributed by atoms with E-state index in [4.69, 9.17) is 9.47 Å². The molecule has 8 heteroatoms. The minimum absolute atomic E-state index is 0.0955. The Kier molecular flexibility index (Phi) is 8.73. The third kappa shape index (κ3) is 6.17. The van der Waals surface area contributed by atoms with Crippen LogP contribution in [0.15, 0.2) is 53.4 Å². The van der Waals surface area contributed by atoms with E-state index in [1.165, 1.54) is 12.1 Å². The number of hydrogen-bond acceptors (Lipinski definition) is 6. The Morgan fingerprint density at radius 3 is 2.32 bits per heavy atom. The number of carbonyl (C=O) groups is 1. The summed E-state index contributed by atoms with van der Waals surface area (Å²) in [6.07, 6.45) is 0.131. The summed E-state index contributed by atoms with van der Waals surface area (Å²) in [5.74, 6) is -0.334. The van der Waals surface area contributed by atoms with Gasteiger partial charge in [0.25, 0.3) is 10.0 Å². The second-order valence-electron chi connectivity index (χ2n) is 9.33. The highest BCUT2D eigenvalue weighted by atomic mass is 32.2. The number of benzene rings is 2. The molecular weight excluding hydrogens is 454 g/mol. The number of nitrogens with zero attached hydrogens (tertiary/aromatic N) is 1. The Bertz CT molecular complexity index is 1050. The fourth-order valence-corrected chi connectivity index (χ4v) is 5.99. The van der Waals surface area contributed by atoms with Crippen molar-refractivity contribution in [2.75, 3.05) is 13.7 Å². The van der Waals surface area contributed by atoms with E-state index in [-0.39, 0.29) is 23.8 Å². The zero-order chi connectivity index (χ0) is 24.9. The van der Waals surface area contributed by atoms with Crippen LogP contribution in [0.5, 0.6) is 5.75 Å². The van der Waals surface area contributed by atoms with Crippen LogP contribution >= 0.6 is 0 Å². The van der Waals surface area contributed by atoms with Gasteiger partial charge in [-0.3, -0.25) is 4.79 Å². The average molecular weight is 490 g/mol. The number of aliphatic hydroxyl groups is 1. The molecule has 1 N–H and O–H groups in total. The first-order chi connectivity index (χ1) is 16.1. The predicted octanol–water partition coefficient (Wildman–Crippen LogP) is 3.92. The zero-order valence-electron chi connectivity index (χ0n) is 20.3. The first-order valence-corrected chi connectivity index (χ1v) is 13.1. The topological polar surface area (TPSA) is 93.1 Å². The van der Waals surface area contributed by atoms with Gasteiger partial charge in [0, 0.05) is 12.6 Å². The summed E-state index contributed by atoms with van der Waals surface area (Å²) in [6.45, 7) is 6.51. The van der Waals surface area contributed by atoms with Crippen molar-refractivity contribution in [3.8, 4) is 5.75 Å². The van der Waals surface area contributed by atoms with Crippen LogP contribution in [0.3, 0.4) is 0 Å². The molecule has 1 aliphatic heterocycles. The van der Waals surface area contributed by atoms with Crippen LogP contribution < -0.4 is 4.74 Å². The Morgan fingerprint density at radius 1 is 1.09 bits per heavy atom. The van der Waals surface area contributed by atoms with Crippen LogP contribution in [0.25, 0.3) is 0 Å². The van der Waals surface area contributed by atoms with Gasteiger partial charge in [0.05, 0.1) is 30.6 Å². The molecule has 1 fully saturated rings. The number of amides is 1. The minimum Gasteiger partial charge on any atom is -0.497 e. The molecule has 7 nitrogen and oxygen atoms in total. The Balaban J connectivity index is 1.65. The number of rotatable bonds is 11. The van der Waals surface area contributed by atoms with E-state index in [1.54, 1.807) is 19.2 Å². The van der Waals surface area contributed by atoms with Crippen LogP contribution in [0.2, 0.25) is 0 Å². The summed E-state index contributed by atoms with van der Waals surface area (Å²) < 4.78 is 38.6. The molecule has 2 aromatic rings. The molecule has 2 aromatic carbocycles. The Hall–Kier alpha value is -2.42. The molecule has 0 aliphatic carbocycles. The van der Waals surface area contributed by atoms with E-state index >= 15 is 0 Å². The fraction of sp³-hybridized carbons (Fsp3) is 0.500. The van der Waals surface area contributed by atoms with Gasteiger partial charge in [-0.1, -0.05) is 43.7 Å². The molecule has 1 amide bonds. The van der Waals surface area contributed by atoms with Crippen molar-refractivity contribution in [1.29, 1.82) is 0 Å². The number of aryl methyl sites for hydroxylation is 1. The highest BCUT2D eigenvalue weighted by Gasteiger charge is 2.48. The highest BCUT2D eigenvalue weighted by Crippen LogP contribution is 2.36. The predicted molar refractivity (Wildman–Crippen MR) is 130 cm³/mol. The summed E-state index contributed by atoms with van der Waals surface area (Å²) in [7, 11) is -2.39. The summed E-state index contributed by atoms with van der Waals surface area (Å²) >= 11 is 0. The van der Waals surface area contributed by atoms with Crippen LogP contribution in [0, 0.1) is 18.8 Å². The van der Waals surface area contributed by atoms with E-state index in [1.807, 2.05) is 45.0 Å². The standard InChI is InChI=1S/C26H35NO6S/c1-18(2)15-21-16-24(25(28)13-14-33-17-20-7-9-22(32-4)10-8-20)26(29)27(21)34(30,31)23-11-5-19(3)6-12-23/h5-12,18,21,24-25,28H,13-17H2,1-4H3/t21-,24+,25+/m0/s1. The van der Waals surface area contributed by atoms with Crippen molar-refractivity contribution in [2.24, 2.45) is 11.8 Å². The maximum atomic E-state index is 13.4. The van der Waals surface area contributed by atoms with E-state index < -0.39 is 34.0 Å². The summed E-state index contributed by atoms with van der Waals surface area (Å²) in [5, 5.41) is 10.8. The Morgan fingerprint density at radius 2 is 1.74 bits per heavy atom. The van der Waals surface area contributed by atoms with Gasteiger partial charge in [0.2, 0.25) is 5.91 Å². The SMILES string of the molecule is COc1ccc(COCC[C@@H](O)[C@H]2C[C@H](CC(C)C)N(S(=O)(=O)c3ccc(C)cc3)C2=O)cc1. The molecule has 0 spiro atoms. The molecule has 0 radical (unpaired) electrons. The van der Waals surface area contributed by atoms with E-state index in [0.29, 0.717) is 19.4 Å². The number of methoxy groups -OCH3 is 1. The molecule has 1 saturated heterocycles. The smallest absolute Gasteiger partial charge is 0.266 e. The van der Waals surface area contributed by atoms with E-state index in [9.17, 15) is 18.3 Å². The first kappa shape index (κ1) is 26.2. The number of aliphatic hydroxyl groups excluding tert-OH is 1. The van der Waals surface area contributed by atoms with Gasteiger partial charge < -0.3 is 14.6 Å². The van der Waals surface area contributed by atoms with Gasteiger partial charge in [-0.05, 0) is 61.9 Å². The van der Waals surface area contributed by atoms with Gasteiger partial charge >= 0.3 is 0 Å². The molecule has 0 bridgehead atoms. The molecule has 0 unspecified atom stereocenters. The fourth-order valence-electron chi connectivity index (χ4n) is 4.35. The quantitative estimate of drug-likeness (QED) is 0.481. The normalized spacial score (nSPS) is 19.6. The van der Waals surface area contributed by atoms with Gasteiger partial charge in [-0.25, -0.2) is 12.7 Å². The van der Waals surface area contributed by atoms with Crippen molar-refractivity contribution < 1.29 is 27.8 Å². The van der Waals surface area contributed by atoms with Crippen molar-refractivity contribution in [2.45, 2.75) is 63.7 Å². The van der Waals surface area contributed by atoms with Crippen LogP contribution in [0.4, 0.5) is 0 Å². The average Bonchev–Trinajstić information content (AvgIpc) is 3.13. The Labute approximate surface area is 202 Å². The lowest BCUT2D eigenvalue weighted by atomic mass is 9.93. The van der Waals surface area contributed by atoms with Crippen molar-refractivity contribution in [3.05, 3.63) is 59.7 Å². The van der Waals surface area contributed by atoms with Crippen molar-refractivity contribution in [1.82, 2.24) is 4.31 Å².